The predicted octanol–water partition coefficient (Wildman–Crippen LogP) is 2.12. The summed E-state index contributed by atoms with van der Waals surface area (Å²) in [5.41, 5.74) is 2.48. The molecule has 0 radical (unpaired) electrons. The number of rotatable bonds is 3. The van der Waals surface area contributed by atoms with E-state index in [9.17, 15) is 23.5 Å². The van der Waals surface area contributed by atoms with Crippen LogP contribution in [0.3, 0.4) is 0 Å². The minimum absolute atomic E-state index is 0.166. The molecule has 1 aliphatic carbocycles. The number of amides is 1. The molecule has 1 aliphatic heterocycles. The Morgan fingerprint density at radius 1 is 1.18 bits per heavy atom. The van der Waals surface area contributed by atoms with E-state index in [1.807, 2.05) is 44.2 Å². The average Bonchev–Trinajstić information content (AvgIpc) is 2.98. The molecule has 2 heterocycles. The van der Waals surface area contributed by atoms with Gasteiger partial charge >= 0.3 is 5.56 Å². The molecular weight excluding hydrogens is 454 g/mol. The summed E-state index contributed by atoms with van der Waals surface area (Å²) >= 11 is -2.92. The first-order valence-electron chi connectivity index (χ1n) is 11.0. The molecule has 34 heavy (non-hydrogen) atoms. The lowest BCUT2D eigenvalue weighted by atomic mass is 9.81. The molecule has 0 fully saturated rings. The highest BCUT2D eigenvalue weighted by atomic mass is 32.2. The van der Waals surface area contributed by atoms with Gasteiger partial charge in [-0.2, -0.15) is 4.98 Å². The van der Waals surface area contributed by atoms with Gasteiger partial charge in [0.2, 0.25) is 5.75 Å². The lowest BCUT2D eigenvalue weighted by Gasteiger charge is -2.42. The zero-order valence-electron chi connectivity index (χ0n) is 18.6. The molecule has 8 nitrogen and oxygen atoms in total. The van der Waals surface area contributed by atoms with E-state index in [0.29, 0.717) is 0 Å². The Morgan fingerprint density at radius 3 is 2.65 bits per heavy atom. The van der Waals surface area contributed by atoms with E-state index in [2.05, 4.69) is 17.1 Å². The van der Waals surface area contributed by atoms with Crippen LogP contribution in [-0.2, 0) is 23.9 Å². The molecule has 2 aliphatic rings. The second kappa shape index (κ2) is 8.38. The number of fused-ring (bicyclic) bond motifs is 3. The van der Waals surface area contributed by atoms with Crippen molar-refractivity contribution in [1.82, 2.24) is 14.5 Å². The van der Waals surface area contributed by atoms with Crippen molar-refractivity contribution >= 4 is 17.0 Å². The number of nitrogens with zero attached hydrogens (tertiary/aromatic N) is 3. The first kappa shape index (κ1) is 22.3. The van der Waals surface area contributed by atoms with Crippen LogP contribution in [0.15, 0.2) is 46.3 Å². The number of aromatic nitrogens is 2. The maximum Gasteiger partial charge on any atom is 0.316 e. The topological polar surface area (TPSA) is 116 Å². The highest BCUT2D eigenvalue weighted by Crippen LogP contribution is 2.44. The second-order valence-electron chi connectivity index (χ2n) is 8.84. The van der Waals surface area contributed by atoms with Gasteiger partial charge in [0.1, 0.15) is 0 Å². The van der Waals surface area contributed by atoms with Crippen LogP contribution in [0, 0.1) is 12.1 Å². The second-order valence-corrected chi connectivity index (χ2v) is 9.67. The minimum atomic E-state index is -2.92. The van der Waals surface area contributed by atoms with Gasteiger partial charge in [0, 0.05) is 35.1 Å². The maximum absolute atomic E-state index is 13.4. The van der Waals surface area contributed by atoms with Gasteiger partial charge in [0.15, 0.2) is 10.9 Å². The van der Waals surface area contributed by atoms with E-state index in [0.717, 1.165) is 35.1 Å². The molecule has 5 rings (SSSR count). The third-order valence-corrected chi connectivity index (χ3v) is 7.28. The fourth-order valence-electron chi connectivity index (χ4n) is 5.15. The number of aromatic hydroxyl groups is 1. The molecule has 0 spiro atoms. The summed E-state index contributed by atoms with van der Waals surface area (Å²) in [4.78, 5) is 30.9. The molecule has 0 saturated heterocycles. The molecule has 1 N–H and O–H groups in total. The van der Waals surface area contributed by atoms with Gasteiger partial charge in [-0.05, 0) is 55.5 Å². The van der Waals surface area contributed by atoms with Crippen molar-refractivity contribution in [1.29, 1.82) is 0 Å². The van der Waals surface area contributed by atoms with Crippen LogP contribution in [0.4, 0.5) is 0 Å². The SMILES string of the molecule is CC(C)N1C[C@H](C2c3c#cccc3CCc3ccccc32)n2c(S(=O)[O-])nc(=O)c(O)c2C1=O. The van der Waals surface area contributed by atoms with E-state index < -0.39 is 45.4 Å². The molecule has 1 aromatic heterocycles. The Bertz CT molecular complexity index is 1340. The van der Waals surface area contributed by atoms with Gasteiger partial charge in [-0.3, -0.25) is 13.8 Å². The summed E-state index contributed by atoms with van der Waals surface area (Å²) in [6.45, 7) is 3.84. The number of aryl methyl sites for hydroxylation is 2. The number of hydrogen-bond acceptors (Lipinski definition) is 6. The Balaban J connectivity index is 1.87. The van der Waals surface area contributed by atoms with Gasteiger partial charge in [-0.15, -0.1) is 0 Å². The third kappa shape index (κ3) is 3.42. The van der Waals surface area contributed by atoms with Crippen LogP contribution >= 0.6 is 0 Å². The normalized spacial score (nSPS) is 18.5. The first-order valence-corrected chi connectivity index (χ1v) is 12.1. The summed E-state index contributed by atoms with van der Waals surface area (Å²) in [5, 5.41) is 10.1. The van der Waals surface area contributed by atoms with Crippen molar-refractivity contribution in [2.45, 2.75) is 49.8 Å². The van der Waals surface area contributed by atoms with Crippen molar-refractivity contribution in [2.75, 3.05) is 6.54 Å². The molecule has 174 valence electrons. The molecular formula is C25H22N3O5S-. The van der Waals surface area contributed by atoms with Gasteiger partial charge in [-0.25, -0.2) is 0 Å². The predicted molar refractivity (Wildman–Crippen MR) is 122 cm³/mol. The highest BCUT2D eigenvalue weighted by molar-refractivity contribution is 7.79. The van der Waals surface area contributed by atoms with Gasteiger partial charge in [0.25, 0.3) is 5.91 Å². The molecule has 1 amide bonds. The standard InChI is InChI=1S/C25H23N3O5S/c1-14(2)27-13-19(28-21(24(27)31)22(29)23(30)26-25(28)34(32)33)20-17-9-5-3-7-15(17)11-12-16-8-4-6-10-18(16)20/h3-5,7-9,14,19-20,29H,11-13H2,1-2H3,(H,32,33)/p-1/t19-,20?/m1/s1. The zero-order chi connectivity index (χ0) is 24.1. The zero-order valence-corrected chi connectivity index (χ0v) is 19.5. The smallest absolute Gasteiger partial charge is 0.316 e. The Labute approximate surface area is 199 Å². The Morgan fingerprint density at radius 2 is 1.91 bits per heavy atom. The minimum Gasteiger partial charge on any atom is -0.766 e. The molecule has 2 unspecified atom stereocenters. The van der Waals surface area contributed by atoms with Crippen molar-refractivity contribution in [2.24, 2.45) is 0 Å². The number of hydrogen-bond donors (Lipinski definition) is 1. The van der Waals surface area contributed by atoms with E-state index in [1.165, 1.54) is 4.57 Å². The van der Waals surface area contributed by atoms with E-state index in [1.54, 1.807) is 11.0 Å². The van der Waals surface area contributed by atoms with Crippen LogP contribution in [0.25, 0.3) is 0 Å². The average molecular weight is 477 g/mol. The van der Waals surface area contributed by atoms with Crippen molar-refractivity contribution < 1.29 is 18.7 Å². The molecule has 3 atom stereocenters. The summed E-state index contributed by atoms with van der Waals surface area (Å²) in [5.74, 6) is -1.87. The van der Waals surface area contributed by atoms with Gasteiger partial charge in [0.05, 0.1) is 6.04 Å². The molecule has 9 heteroatoms. The fraction of sp³-hybridized carbons (Fsp3) is 0.320. The van der Waals surface area contributed by atoms with E-state index in [4.69, 9.17) is 0 Å². The monoisotopic (exact) mass is 476 g/mol. The number of carbonyl (C=O) groups is 1. The van der Waals surface area contributed by atoms with Gasteiger partial charge < -0.3 is 19.1 Å². The van der Waals surface area contributed by atoms with Crippen molar-refractivity contribution in [3.63, 3.8) is 0 Å². The summed E-state index contributed by atoms with van der Waals surface area (Å²) in [6.07, 6.45) is 1.56. The maximum atomic E-state index is 13.4. The van der Waals surface area contributed by atoms with E-state index >= 15 is 0 Å². The van der Waals surface area contributed by atoms with Crippen molar-refractivity contribution in [3.8, 4) is 5.75 Å². The lowest BCUT2D eigenvalue weighted by Crippen LogP contribution is -2.50. The van der Waals surface area contributed by atoms with E-state index in [-0.39, 0.29) is 18.3 Å². The fourth-order valence-corrected chi connectivity index (χ4v) is 5.70. The summed E-state index contributed by atoms with van der Waals surface area (Å²) < 4.78 is 25.6. The van der Waals surface area contributed by atoms with Crippen LogP contribution in [0.1, 0.15) is 58.5 Å². The van der Waals surface area contributed by atoms with Crippen LogP contribution < -0.4 is 5.56 Å². The lowest BCUT2D eigenvalue weighted by molar-refractivity contribution is 0.0572. The Hall–Kier alpha value is -3.48. The number of carbonyl (C=O) groups excluding carboxylic acids is 1. The van der Waals surface area contributed by atoms with Crippen LogP contribution in [-0.4, -0.2) is 46.8 Å². The summed E-state index contributed by atoms with van der Waals surface area (Å²) in [6, 6.07) is 17.0. The molecule has 0 bridgehead atoms. The van der Waals surface area contributed by atoms with Crippen LogP contribution in [0.5, 0.6) is 5.75 Å². The number of benzene rings is 1. The molecule has 3 aromatic rings. The van der Waals surface area contributed by atoms with Gasteiger partial charge in [-0.1, -0.05) is 36.4 Å². The van der Waals surface area contributed by atoms with Crippen molar-refractivity contribution in [3.05, 3.63) is 86.8 Å². The quantitative estimate of drug-likeness (QED) is 0.457. The highest BCUT2D eigenvalue weighted by Gasteiger charge is 2.43. The molecule has 2 aromatic carbocycles. The largest absolute Gasteiger partial charge is 0.766 e. The third-order valence-electron chi connectivity index (χ3n) is 6.69. The first-order chi connectivity index (χ1) is 16.3. The Kier molecular flexibility index (Phi) is 5.50. The van der Waals surface area contributed by atoms with Crippen LogP contribution in [0.2, 0.25) is 0 Å². The molecule has 0 saturated carbocycles. The summed E-state index contributed by atoms with van der Waals surface area (Å²) in [7, 11) is 0.